The minimum Gasteiger partial charge on any atom is -0.427 e. The van der Waals surface area contributed by atoms with Crippen LogP contribution in [0.3, 0.4) is 0 Å². The van der Waals surface area contributed by atoms with Gasteiger partial charge >= 0.3 is 11.9 Å². The minimum absolute atomic E-state index is 0.0526. The van der Waals surface area contributed by atoms with E-state index < -0.39 is 0 Å². The van der Waals surface area contributed by atoms with Crippen LogP contribution in [0.2, 0.25) is 0 Å². The molecule has 43 heavy (non-hydrogen) atoms. The summed E-state index contributed by atoms with van der Waals surface area (Å²) in [5, 5.41) is 0. The molecule has 6 heteroatoms. The predicted molar refractivity (Wildman–Crippen MR) is 178 cm³/mol. The van der Waals surface area contributed by atoms with Gasteiger partial charge in [0.1, 0.15) is 11.5 Å². The van der Waals surface area contributed by atoms with Gasteiger partial charge in [-0.05, 0) is 61.3 Å². The molecule has 2 aromatic rings. The van der Waals surface area contributed by atoms with Crippen LogP contribution in [0.15, 0.2) is 60.7 Å². The lowest BCUT2D eigenvalue weighted by molar-refractivity contribution is -0.137. The fourth-order valence-electron chi connectivity index (χ4n) is 4.36. The van der Waals surface area contributed by atoms with Gasteiger partial charge in [-0.2, -0.15) is 0 Å². The molecule has 6 nitrogen and oxygen atoms in total. The van der Waals surface area contributed by atoms with E-state index in [0.717, 1.165) is 64.6 Å². The number of para-hydroxylation sites is 2. The van der Waals surface area contributed by atoms with Crippen LogP contribution in [-0.4, -0.2) is 38.4 Å². The molecule has 0 N–H and O–H groups in total. The van der Waals surface area contributed by atoms with Gasteiger partial charge in [0, 0.05) is 32.8 Å². The number of carbonyl (C=O) groups is 2. The first-order valence-electron chi connectivity index (χ1n) is 16.6. The number of hydrogen-bond acceptors (Lipinski definition) is 6. The summed E-state index contributed by atoms with van der Waals surface area (Å²) in [6, 6.07) is 18.5. The smallest absolute Gasteiger partial charge is 0.311 e. The van der Waals surface area contributed by atoms with Crippen molar-refractivity contribution in [3.05, 3.63) is 60.7 Å². The highest BCUT2D eigenvalue weighted by atomic mass is 16.5. The first kappa shape index (κ1) is 40.3. The number of rotatable bonds is 21. The van der Waals surface area contributed by atoms with Crippen LogP contribution in [0.25, 0.3) is 0 Å². The molecule has 2 aromatic carbocycles. The Kier molecular flexibility index (Phi) is 25.2. The zero-order valence-corrected chi connectivity index (χ0v) is 28.2. The van der Waals surface area contributed by atoms with E-state index in [1.807, 2.05) is 64.1 Å². The Morgan fingerprint density at radius 1 is 0.674 bits per heavy atom. The van der Waals surface area contributed by atoms with E-state index in [9.17, 15) is 9.59 Å². The SMILES string of the molecule is CC.CC.CCC(C)(CCCCOCCCOCCCCC(C)CC(=O)Oc1ccccc1)CC(=O)Oc1ccccc1. The van der Waals surface area contributed by atoms with Gasteiger partial charge in [-0.3, -0.25) is 9.59 Å². The van der Waals surface area contributed by atoms with E-state index in [0.29, 0.717) is 43.5 Å². The van der Waals surface area contributed by atoms with Crippen molar-refractivity contribution >= 4 is 11.9 Å². The Morgan fingerprint density at radius 2 is 1.14 bits per heavy atom. The zero-order chi connectivity index (χ0) is 32.2. The predicted octanol–water partition coefficient (Wildman–Crippen LogP) is 9.85. The highest BCUT2D eigenvalue weighted by molar-refractivity contribution is 5.73. The average molecular weight is 601 g/mol. The molecule has 0 heterocycles. The van der Waals surface area contributed by atoms with E-state index in [1.165, 1.54) is 0 Å². The van der Waals surface area contributed by atoms with Crippen LogP contribution >= 0.6 is 0 Å². The summed E-state index contributed by atoms with van der Waals surface area (Å²) < 4.78 is 22.3. The van der Waals surface area contributed by atoms with Gasteiger partial charge in [-0.15, -0.1) is 0 Å². The van der Waals surface area contributed by atoms with E-state index in [-0.39, 0.29) is 17.4 Å². The quantitative estimate of drug-likeness (QED) is 0.0807. The first-order valence-corrected chi connectivity index (χ1v) is 16.6. The molecule has 0 aromatic heterocycles. The maximum absolute atomic E-state index is 12.4. The highest BCUT2D eigenvalue weighted by Crippen LogP contribution is 2.32. The first-order chi connectivity index (χ1) is 20.9. The van der Waals surface area contributed by atoms with Crippen LogP contribution < -0.4 is 9.47 Å². The number of benzene rings is 2. The molecule has 0 bridgehead atoms. The minimum atomic E-state index is -0.173. The highest BCUT2D eigenvalue weighted by Gasteiger charge is 2.26. The van der Waals surface area contributed by atoms with Gasteiger partial charge in [-0.25, -0.2) is 0 Å². The van der Waals surface area contributed by atoms with Gasteiger partial charge in [-0.1, -0.05) is 111 Å². The topological polar surface area (TPSA) is 71.1 Å². The molecule has 0 amide bonds. The van der Waals surface area contributed by atoms with Crippen molar-refractivity contribution < 1.29 is 28.5 Å². The summed E-state index contributed by atoms with van der Waals surface area (Å²) in [6.07, 6.45) is 8.71. The second-order valence-electron chi connectivity index (χ2n) is 10.8. The Bertz CT molecular complexity index is 917. The summed E-state index contributed by atoms with van der Waals surface area (Å²) >= 11 is 0. The van der Waals surface area contributed by atoms with Crippen molar-refractivity contribution in [1.29, 1.82) is 0 Å². The van der Waals surface area contributed by atoms with Gasteiger partial charge in [0.15, 0.2) is 0 Å². The number of ether oxygens (including phenoxy) is 4. The second-order valence-corrected chi connectivity index (χ2v) is 10.8. The van der Waals surface area contributed by atoms with Crippen molar-refractivity contribution in [2.24, 2.45) is 11.3 Å². The van der Waals surface area contributed by atoms with Crippen molar-refractivity contribution in [3.63, 3.8) is 0 Å². The summed E-state index contributed by atoms with van der Waals surface area (Å²) in [7, 11) is 0. The molecular formula is C37H60O6. The molecule has 2 atom stereocenters. The number of carbonyl (C=O) groups excluding carboxylic acids is 2. The molecule has 244 valence electrons. The van der Waals surface area contributed by atoms with Crippen molar-refractivity contribution in [2.75, 3.05) is 26.4 Å². The van der Waals surface area contributed by atoms with Gasteiger partial charge in [0.25, 0.3) is 0 Å². The fraction of sp³-hybridized carbons (Fsp3) is 0.622. The van der Waals surface area contributed by atoms with E-state index >= 15 is 0 Å². The molecular weight excluding hydrogens is 540 g/mol. The normalized spacial score (nSPS) is 12.4. The second kappa shape index (κ2) is 26.9. The molecule has 0 fully saturated rings. The molecule has 0 aliphatic rings. The summed E-state index contributed by atoms with van der Waals surface area (Å²) in [6.45, 7) is 17.3. The number of unbranched alkanes of at least 4 members (excludes halogenated alkanes) is 2. The molecule has 2 rings (SSSR count). The van der Waals surface area contributed by atoms with Crippen LogP contribution in [-0.2, 0) is 19.1 Å². The third kappa shape index (κ3) is 21.6. The van der Waals surface area contributed by atoms with E-state index in [2.05, 4.69) is 20.8 Å². The van der Waals surface area contributed by atoms with Gasteiger partial charge in [0.05, 0.1) is 6.42 Å². The lowest BCUT2D eigenvalue weighted by Crippen LogP contribution is -2.23. The third-order valence-electron chi connectivity index (χ3n) is 7.02. The Balaban J connectivity index is 0.00000422. The maximum atomic E-state index is 12.4. The Hall–Kier alpha value is -2.70. The zero-order valence-electron chi connectivity index (χ0n) is 28.2. The largest absolute Gasteiger partial charge is 0.427 e. The molecule has 0 aliphatic carbocycles. The number of hydrogen-bond donors (Lipinski definition) is 0. The van der Waals surface area contributed by atoms with Crippen LogP contribution in [0, 0.1) is 11.3 Å². The molecule has 0 saturated carbocycles. The van der Waals surface area contributed by atoms with Crippen LogP contribution in [0.1, 0.15) is 113 Å². The average Bonchev–Trinajstić information content (AvgIpc) is 3.02. The lowest BCUT2D eigenvalue weighted by atomic mass is 9.79. The van der Waals surface area contributed by atoms with Crippen molar-refractivity contribution in [2.45, 2.75) is 113 Å². The molecule has 0 aliphatic heterocycles. The molecule has 0 spiro atoms. The van der Waals surface area contributed by atoms with Gasteiger partial charge in [0.2, 0.25) is 0 Å². The Labute approximate surface area is 262 Å². The summed E-state index contributed by atoms with van der Waals surface area (Å²) in [5.41, 5.74) is -0.0526. The third-order valence-corrected chi connectivity index (χ3v) is 7.02. The van der Waals surface area contributed by atoms with Crippen LogP contribution in [0.4, 0.5) is 0 Å². The van der Waals surface area contributed by atoms with Crippen LogP contribution in [0.5, 0.6) is 11.5 Å². The summed E-state index contributed by atoms with van der Waals surface area (Å²) in [5.74, 6) is 1.16. The number of esters is 2. The monoisotopic (exact) mass is 600 g/mol. The molecule has 0 radical (unpaired) electrons. The van der Waals surface area contributed by atoms with E-state index in [1.54, 1.807) is 24.3 Å². The van der Waals surface area contributed by atoms with E-state index in [4.69, 9.17) is 18.9 Å². The van der Waals surface area contributed by atoms with Gasteiger partial charge < -0.3 is 18.9 Å². The molecule has 0 saturated heterocycles. The summed E-state index contributed by atoms with van der Waals surface area (Å²) in [4.78, 5) is 24.4. The fourth-order valence-corrected chi connectivity index (χ4v) is 4.36. The van der Waals surface area contributed by atoms with Crippen molar-refractivity contribution in [3.8, 4) is 11.5 Å². The molecule has 2 unspecified atom stereocenters. The maximum Gasteiger partial charge on any atom is 0.311 e. The Morgan fingerprint density at radius 3 is 1.65 bits per heavy atom. The lowest BCUT2D eigenvalue weighted by Gasteiger charge is -2.27. The van der Waals surface area contributed by atoms with Crippen molar-refractivity contribution in [1.82, 2.24) is 0 Å². The standard InChI is InChI=1S/C33H48O6.2C2H6/c1-4-33(3,27-32(35)39-30-19-9-6-10-20-30)21-12-14-23-37-25-15-24-36-22-13-11-16-28(2)26-31(34)38-29-17-7-5-8-18-29;2*1-2/h5-10,17-20,28H,4,11-16,21-27H2,1-3H3;2*1-2H3.